The molecule has 6 nitrogen and oxygen atoms in total. The summed E-state index contributed by atoms with van der Waals surface area (Å²) >= 11 is 1.51. The standard InChI is InChI=1S/C21H25N3O3S/c1-14-5-16(6-15(2)22-14)7-19(26)23-8-18-9-24(12-21(18,11-23)13-25)20(27)17-3-4-28-10-17/h3-6,10,18,25H,7-9,11-13H2,1-2H3/t18-,21+/m1/s1. The van der Waals surface area contributed by atoms with E-state index in [-0.39, 0.29) is 24.3 Å². The molecule has 0 spiro atoms. The zero-order valence-corrected chi connectivity index (χ0v) is 17.0. The van der Waals surface area contributed by atoms with Crippen molar-refractivity contribution in [1.82, 2.24) is 14.8 Å². The number of hydrogen-bond donors (Lipinski definition) is 1. The van der Waals surface area contributed by atoms with Crippen LogP contribution in [0, 0.1) is 25.2 Å². The minimum atomic E-state index is -0.411. The Balaban J connectivity index is 1.44. The molecule has 1 N–H and O–H groups in total. The molecule has 0 aromatic carbocycles. The number of nitrogens with zero attached hydrogens (tertiary/aromatic N) is 3. The SMILES string of the molecule is Cc1cc(CC(=O)N2C[C@@H]3CN(C(=O)c4ccsc4)C[C@]3(CO)C2)cc(C)n1. The number of hydrogen-bond acceptors (Lipinski definition) is 5. The fourth-order valence-electron chi connectivity index (χ4n) is 4.63. The maximum Gasteiger partial charge on any atom is 0.254 e. The number of rotatable bonds is 4. The zero-order chi connectivity index (χ0) is 19.9. The van der Waals surface area contributed by atoms with Gasteiger partial charge in [0.1, 0.15) is 0 Å². The minimum absolute atomic E-state index is 0.0116. The van der Waals surface area contributed by atoms with E-state index in [1.165, 1.54) is 11.3 Å². The lowest BCUT2D eigenvalue weighted by Crippen LogP contribution is -2.40. The first kappa shape index (κ1) is 19.1. The second-order valence-electron chi connectivity index (χ2n) is 8.12. The molecule has 2 fully saturated rings. The molecule has 0 unspecified atom stereocenters. The van der Waals surface area contributed by atoms with Crippen molar-refractivity contribution in [3.63, 3.8) is 0 Å². The van der Waals surface area contributed by atoms with Crippen LogP contribution in [0.25, 0.3) is 0 Å². The van der Waals surface area contributed by atoms with Gasteiger partial charge in [-0.05, 0) is 43.0 Å². The summed E-state index contributed by atoms with van der Waals surface area (Å²) in [4.78, 5) is 33.6. The lowest BCUT2D eigenvalue weighted by atomic mass is 9.82. The summed E-state index contributed by atoms with van der Waals surface area (Å²) in [5.74, 6) is 0.206. The highest BCUT2D eigenvalue weighted by molar-refractivity contribution is 7.08. The average molecular weight is 400 g/mol. The topological polar surface area (TPSA) is 73.7 Å². The van der Waals surface area contributed by atoms with Crippen molar-refractivity contribution in [2.45, 2.75) is 20.3 Å². The lowest BCUT2D eigenvalue weighted by Gasteiger charge is -2.27. The van der Waals surface area contributed by atoms with E-state index >= 15 is 0 Å². The molecule has 4 rings (SSSR count). The molecule has 28 heavy (non-hydrogen) atoms. The summed E-state index contributed by atoms with van der Waals surface area (Å²) in [6.45, 7) is 6.04. The van der Waals surface area contributed by atoms with Crippen LogP contribution >= 0.6 is 11.3 Å². The molecule has 0 bridgehead atoms. The van der Waals surface area contributed by atoms with Gasteiger partial charge in [-0.2, -0.15) is 11.3 Å². The molecule has 2 amide bonds. The molecule has 7 heteroatoms. The van der Waals surface area contributed by atoms with Crippen molar-refractivity contribution in [3.05, 3.63) is 51.5 Å². The van der Waals surface area contributed by atoms with Gasteiger partial charge >= 0.3 is 0 Å². The second-order valence-corrected chi connectivity index (χ2v) is 8.90. The number of fused-ring (bicyclic) bond motifs is 1. The van der Waals surface area contributed by atoms with Crippen LogP contribution in [-0.2, 0) is 11.2 Å². The first-order valence-electron chi connectivity index (χ1n) is 9.54. The van der Waals surface area contributed by atoms with Crippen molar-refractivity contribution in [1.29, 1.82) is 0 Å². The third-order valence-electron chi connectivity index (χ3n) is 5.98. The van der Waals surface area contributed by atoms with Crippen LogP contribution in [0.4, 0.5) is 0 Å². The van der Waals surface area contributed by atoms with Gasteiger partial charge in [-0.15, -0.1) is 0 Å². The van der Waals surface area contributed by atoms with Crippen LogP contribution in [0.5, 0.6) is 0 Å². The molecular weight excluding hydrogens is 374 g/mol. The van der Waals surface area contributed by atoms with Gasteiger partial charge in [-0.25, -0.2) is 0 Å². The number of aromatic nitrogens is 1. The van der Waals surface area contributed by atoms with Gasteiger partial charge in [0.2, 0.25) is 5.91 Å². The highest BCUT2D eigenvalue weighted by Crippen LogP contribution is 2.42. The highest BCUT2D eigenvalue weighted by atomic mass is 32.1. The van der Waals surface area contributed by atoms with E-state index in [9.17, 15) is 14.7 Å². The Morgan fingerprint density at radius 2 is 1.89 bits per heavy atom. The van der Waals surface area contributed by atoms with Gasteiger partial charge in [0, 0.05) is 54.3 Å². The third kappa shape index (κ3) is 3.44. The van der Waals surface area contributed by atoms with Gasteiger partial charge in [-0.1, -0.05) is 0 Å². The Kier molecular flexibility index (Phi) is 4.97. The van der Waals surface area contributed by atoms with E-state index in [1.54, 1.807) is 0 Å². The molecular formula is C21H25N3O3S. The quantitative estimate of drug-likeness (QED) is 0.852. The summed E-state index contributed by atoms with van der Waals surface area (Å²) in [5, 5.41) is 13.9. The summed E-state index contributed by atoms with van der Waals surface area (Å²) in [5.41, 5.74) is 3.09. The first-order chi connectivity index (χ1) is 13.4. The van der Waals surface area contributed by atoms with Crippen LogP contribution in [-0.4, -0.2) is 64.5 Å². The third-order valence-corrected chi connectivity index (χ3v) is 6.66. The second kappa shape index (κ2) is 7.29. The van der Waals surface area contributed by atoms with E-state index in [0.29, 0.717) is 38.2 Å². The fraction of sp³-hybridized carbons (Fsp3) is 0.476. The number of likely N-dealkylation sites (tertiary alicyclic amines) is 2. The van der Waals surface area contributed by atoms with E-state index < -0.39 is 5.41 Å². The molecule has 2 aromatic rings. The molecule has 2 saturated heterocycles. The number of aryl methyl sites for hydroxylation is 2. The van der Waals surface area contributed by atoms with Crippen LogP contribution in [0.1, 0.15) is 27.3 Å². The first-order valence-corrected chi connectivity index (χ1v) is 10.5. The largest absolute Gasteiger partial charge is 0.396 e. The van der Waals surface area contributed by atoms with Crippen LogP contribution in [0.15, 0.2) is 29.0 Å². The van der Waals surface area contributed by atoms with E-state index in [4.69, 9.17) is 0 Å². The Morgan fingerprint density at radius 1 is 1.21 bits per heavy atom. The number of aliphatic hydroxyl groups excluding tert-OH is 1. The predicted octanol–water partition coefficient (Wildman–Crippen LogP) is 1.90. The average Bonchev–Trinajstić information content (AvgIpc) is 3.34. The van der Waals surface area contributed by atoms with Crippen molar-refractivity contribution in [2.75, 3.05) is 32.8 Å². The number of carbonyl (C=O) groups excluding carboxylic acids is 2. The van der Waals surface area contributed by atoms with Gasteiger partial charge in [0.15, 0.2) is 0 Å². The van der Waals surface area contributed by atoms with Crippen molar-refractivity contribution >= 4 is 23.2 Å². The number of amides is 2. The van der Waals surface area contributed by atoms with Crippen LogP contribution in [0.3, 0.4) is 0 Å². The summed E-state index contributed by atoms with van der Waals surface area (Å²) in [6, 6.07) is 5.73. The van der Waals surface area contributed by atoms with E-state index in [0.717, 1.165) is 17.0 Å². The molecule has 2 aliphatic heterocycles. The van der Waals surface area contributed by atoms with Gasteiger partial charge in [0.25, 0.3) is 5.91 Å². The summed E-state index contributed by atoms with van der Waals surface area (Å²) in [7, 11) is 0. The molecule has 0 saturated carbocycles. The smallest absolute Gasteiger partial charge is 0.254 e. The summed E-state index contributed by atoms with van der Waals surface area (Å²) in [6.07, 6.45) is 0.343. The maximum atomic E-state index is 12.9. The Bertz CT molecular complexity index is 878. The monoisotopic (exact) mass is 399 g/mol. The number of thiophene rings is 1. The van der Waals surface area contributed by atoms with Crippen LogP contribution in [0.2, 0.25) is 0 Å². The highest BCUT2D eigenvalue weighted by Gasteiger charge is 2.54. The molecule has 2 aliphatic rings. The maximum absolute atomic E-state index is 12.9. The zero-order valence-electron chi connectivity index (χ0n) is 16.2. The molecule has 148 valence electrons. The molecule has 2 aromatic heterocycles. The van der Waals surface area contributed by atoms with Crippen molar-refractivity contribution in [3.8, 4) is 0 Å². The Morgan fingerprint density at radius 3 is 2.50 bits per heavy atom. The Hall–Kier alpha value is -2.25. The molecule has 4 heterocycles. The predicted molar refractivity (Wildman–Crippen MR) is 107 cm³/mol. The lowest BCUT2D eigenvalue weighted by molar-refractivity contribution is -0.130. The fourth-order valence-corrected chi connectivity index (χ4v) is 5.26. The minimum Gasteiger partial charge on any atom is -0.396 e. The van der Waals surface area contributed by atoms with Crippen molar-refractivity contribution in [2.24, 2.45) is 11.3 Å². The van der Waals surface area contributed by atoms with Crippen molar-refractivity contribution < 1.29 is 14.7 Å². The van der Waals surface area contributed by atoms with E-state index in [1.807, 2.05) is 52.6 Å². The molecule has 0 radical (unpaired) electrons. The molecule has 2 atom stereocenters. The number of pyridine rings is 1. The van der Waals surface area contributed by atoms with E-state index in [2.05, 4.69) is 4.98 Å². The molecule has 0 aliphatic carbocycles. The van der Waals surface area contributed by atoms with Gasteiger partial charge in [-0.3, -0.25) is 14.6 Å². The van der Waals surface area contributed by atoms with Crippen LogP contribution < -0.4 is 0 Å². The normalized spacial score (nSPS) is 23.9. The number of carbonyl (C=O) groups is 2. The van der Waals surface area contributed by atoms with Gasteiger partial charge < -0.3 is 14.9 Å². The van der Waals surface area contributed by atoms with Gasteiger partial charge in [0.05, 0.1) is 18.6 Å². The summed E-state index contributed by atoms with van der Waals surface area (Å²) < 4.78 is 0. The Labute approximate surface area is 168 Å². The number of aliphatic hydroxyl groups is 1.